The molecule has 0 aromatic carbocycles. The van der Waals surface area contributed by atoms with Crippen LogP contribution in [0.25, 0.3) is 0 Å². The van der Waals surface area contributed by atoms with E-state index in [0.717, 1.165) is 0 Å². The first-order valence-corrected chi connectivity index (χ1v) is 5.78. The third kappa shape index (κ3) is 2.35. The molecule has 2 atom stereocenters. The van der Waals surface area contributed by atoms with Crippen molar-refractivity contribution >= 4 is 11.9 Å². The lowest BCUT2D eigenvalue weighted by atomic mass is 10.0. The number of morpholine rings is 1. The van der Waals surface area contributed by atoms with Crippen LogP contribution in [0.5, 0.6) is 0 Å². The summed E-state index contributed by atoms with van der Waals surface area (Å²) in [5.74, 6) is -1.06. The Kier molecular flexibility index (Phi) is 3.43. The molecule has 2 fully saturated rings. The summed E-state index contributed by atoms with van der Waals surface area (Å²) >= 11 is 0. The van der Waals surface area contributed by atoms with Gasteiger partial charge >= 0.3 is 5.97 Å². The van der Waals surface area contributed by atoms with Crippen LogP contribution >= 0.6 is 0 Å². The number of nitrogens with zero attached hydrogens (tertiary/aromatic N) is 1. The fraction of sp³-hybridized carbons (Fsp3) is 0.818. The van der Waals surface area contributed by atoms with Crippen LogP contribution < -0.4 is 0 Å². The first-order valence-electron chi connectivity index (χ1n) is 5.78. The minimum Gasteiger partial charge on any atom is -0.481 e. The smallest absolute Gasteiger partial charge is 0.306 e. The van der Waals surface area contributed by atoms with Crippen molar-refractivity contribution in [1.82, 2.24) is 4.90 Å². The molecule has 2 aliphatic rings. The molecule has 5 nitrogen and oxygen atoms in total. The summed E-state index contributed by atoms with van der Waals surface area (Å²) in [5, 5.41) is 8.88. The molecule has 2 rings (SSSR count). The molecule has 0 bridgehead atoms. The topological polar surface area (TPSA) is 66.8 Å². The molecule has 0 spiro atoms. The molecule has 0 aromatic heterocycles. The SMILES string of the molecule is O=C(O)C1CCC(C(=O)N2CCOCC2)C1. The van der Waals surface area contributed by atoms with Gasteiger partial charge in [0.05, 0.1) is 19.1 Å². The number of carboxylic acid groups (broad SMARTS) is 1. The van der Waals surface area contributed by atoms with Crippen LogP contribution in [0.3, 0.4) is 0 Å². The first kappa shape index (κ1) is 11.4. The highest BCUT2D eigenvalue weighted by molar-refractivity contribution is 5.81. The maximum absolute atomic E-state index is 12.0. The number of carbonyl (C=O) groups is 2. The predicted octanol–water partition coefficient (Wildman–Crippen LogP) is 0.346. The second-order valence-electron chi connectivity index (χ2n) is 4.48. The van der Waals surface area contributed by atoms with Gasteiger partial charge in [0, 0.05) is 19.0 Å². The Bertz CT molecular complexity index is 286. The molecule has 1 aliphatic heterocycles. The van der Waals surface area contributed by atoms with Gasteiger partial charge in [0.25, 0.3) is 0 Å². The summed E-state index contributed by atoms with van der Waals surface area (Å²) in [5.41, 5.74) is 0. The van der Waals surface area contributed by atoms with Crippen molar-refractivity contribution in [3.05, 3.63) is 0 Å². The molecule has 1 aliphatic carbocycles. The minimum absolute atomic E-state index is 0.0841. The van der Waals surface area contributed by atoms with E-state index in [-0.39, 0.29) is 17.7 Å². The van der Waals surface area contributed by atoms with E-state index >= 15 is 0 Å². The Morgan fingerprint density at radius 1 is 1.12 bits per heavy atom. The van der Waals surface area contributed by atoms with Crippen molar-refractivity contribution in [3.63, 3.8) is 0 Å². The summed E-state index contributed by atoms with van der Waals surface area (Å²) < 4.78 is 5.18. The highest BCUT2D eigenvalue weighted by atomic mass is 16.5. The molecule has 90 valence electrons. The summed E-state index contributed by atoms with van der Waals surface area (Å²) in [6, 6.07) is 0. The van der Waals surface area contributed by atoms with Crippen molar-refractivity contribution in [2.24, 2.45) is 11.8 Å². The van der Waals surface area contributed by atoms with E-state index in [4.69, 9.17) is 9.84 Å². The fourth-order valence-electron chi connectivity index (χ4n) is 2.47. The molecule has 1 amide bonds. The number of ether oxygens (including phenoxy) is 1. The van der Waals surface area contributed by atoms with E-state index in [9.17, 15) is 9.59 Å². The van der Waals surface area contributed by atoms with E-state index in [1.165, 1.54) is 0 Å². The van der Waals surface area contributed by atoms with Gasteiger partial charge in [-0.1, -0.05) is 0 Å². The second kappa shape index (κ2) is 4.82. The van der Waals surface area contributed by atoms with Crippen molar-refractivity contribution in [2.75, 3.05) is 26.3 Å². The molecule has 0 radical (unpaired) electrons. The van der Waals surface area contributed by atoms with Crippen LogP contribution in [0.4, 0.5) is 0 Å². The third-order valence-electron chi connectivity index (χ3n) is 3.45. The Morgan fingerprint density at radius 3 is 2.31 bits per heavy atom. The van der Waals surface area contributed by atoms with Gasteiger partial charge in [-0.25, -0.2) is 0 Å². The average Bonchev–Trinajstić information content (AvgIpc) is 2.78. The summed E-state index contributed by atoms with van der Waals surface area (Å²) in [6.07, 6.45) is 1.86. The Hall–Kier alpha value is -1.10. The van der Waals surface area contributed by atoms with Gasteiger partial charge in [-0.3, -0.25) is 9.59 Å². The largest absolute Gasteiger partial charge is 0.481 e. The summed E-state index contributed by atoms with van der Waals surface area (Å²) in [4.78, 5) is 24.7. The van der Waals surface area contributed by atoms with Gasteiger partial charge in [0.2, 0.25) is 5.91 Å². The zero-order chi connectivity index (χ0) is 11.5. The van der Waals surface area contributed by atoms with Crippen LogP contribution in [0.15, 0.2) is 0 Å². The number of aliphatic carboxylic acids is 1. The number of rotatable bonds is 2. The van der Waals surface area contributed by atoms with Gasteiger partial charge in [-0.05, 0) is 19.3 Å². The van der Waals surface area contributed by atoms with Gasteiger partial charge in [0.15, 0.2) is 0 Å². The molecule has 0 aromatic rings. The molecule has 5 heteroatoms. The lowest BCUT2D eigenvalue weighted by Gasteiger charge is -2.29. The van der Waals surface area contributed by atoms with Crippen LogP contribution in [0.1, 0.15) is 19.3 Å². The van der Waals surface area contributed by atoms with E-state index in [0.29, 0.717) is 45.6 Å². The van der Waals surface area contributed by atoms with Crippen LogP contribution in [-0.4, -0.2) is 48.2 Å². The van der Waals surface area contributed by atoms with Crippen LogP contribution in [-0.2, 0) is 14.3 Å². The number of carbonyl (C=O) groups excluding carboxylic acids is 1. The number of hydrogen-bond acceptors (Lipinski definition) is 3. The second-order valence-corrected chi connectivity index (χ2v) is 4.48. The lowest BCUT2D eigenvalue weighted by molar-refractivity contribution is -0.142. The van der Waals surface area contributed by atoms with Gasteiger partial charge in [-0.2, -0.15) is 0 Å². The molecule has 1 saturated heterocycles. The maximum Gasteiger partial charge on any atom is 0.306 e. The van der Waals surface area contributed by atoms with E-state index < -0.39 is 5.97 Å². The van der Waals surface area contributed by atoms with E-state index in [1.807, 2.05) is 0 Å². The van der Waals surface area contributed by atoms with Gasteiger partial charge in [0.1, 0.15) is 0 Å². The van der Waals surface area contributed by atoms with Crippen LogP contribution in [0, 0.1) is 11.8 Å². The Balaban J connectivity index is 1.88. The molecular formula is C11H17NO4. The number of carboxylic acids is 1. The highest BCUT2D eigenvalue weighted by Gasteiger charge is 2.36. The molecule has 2 unspecified atom stereocenters. The average molecular weight is 227 g/mol. The highest BCUT2D eigenvalue weighted by Crippen LogP contribution is 2.32. The van der Waals surface area contributed by atoms with E-state index in [2.05, 4.69) is 0 Å². The fourth-order valence-corrected chi connectivity index (χ4v) is 2.47. The van der Waals surface area contributed by atoms with Crippen molar-refractivity contribution in [1.29, 1.82) is 0 Å². The van der Waals surface area contributed by atoms with Crippen LogP contribution in [0.2, 0.25) is 0 Å². The molecule has 16 heavy (non-hydrogen) atoms. The lowest BCUT2D eigenvalue weighted by Crippen LogP contribution is -2.43. The Morgan fingerprint density at radius 2 is 1.75 bits per heavy atom. The molecule has 1 heterocycles. The quantitative estimate of drug-likeness (QED) is 0.739. The van der Waals surface area contributed by atoms with Gasteiger partial charge in [-0.15, -0.1) is 0 Å². The number of amides is 1. The third-order valence-corrected chi connectivity index (χ3v) is 3.45. The maximum atomic E-state index is 12.0. The van der Waals surface area contributed by atoms with Crippen molar-refractivity contribution in [2.45, 2.75) is 19.3 Å². The minimum atomic E-state index is -0.766. The standard InChI is InChI=1S/C11H17NO4/c13-10(12-3-5-16-6-4-12)8-1-2-9(7-8)11(14)15/h8-9H,1-7H2,(H,14,15). The van der Waals surface area contributed by atoms with Gasteiger partial charge < -0.3 is 14.7 Å². The number of hydrogen-bond donors (Lipinski definition) is 1. The molecular weight excluding hydrogens is 210 g/mol. The first-order chi connectivity index (χ1) is 7.68. The zero-order valence-electron chi connectivity index (χ0n) is 9.22. The monoisotopic (exact) mass is 227 g/mol. The normalized spacial score (nSPS) is 30.4. The summed E-state index contributed by atoms with van der Waals surface area (Å²) in [6.45, 7) is 2.49. The predicted molar refractivity (Wildman–Crippen MR) is 55.9 cm³/mol. The molecule has 1 saturated carbocycles. The van der Waals surface area contributed by atoms with Crippen molar-refractivity contribution in [3.8, 4) is 0 Å². The summed E-state index contributed by atoms with van der Waals surface area (Å²) in [7, 11) is 0. The zero-order valence-corrected chi connectivity index (χ0v) is 9.22. The van der Waals surface area contributed by atoms with Crippen molar-refractivity contribution < 1.29 is 19.4 Å². The Labute approximate surface area is 94.4 Å². The molecule has 1 N–H and O–H groups in total. The van der Waals surface area contributed by atoms with E-state index in [1.54, 1.807) is 4.90 Å².